The molecule has 2 amide bonds. The molecule has 0 radical (unpaired) electrons. The molecule has 0 unspecified atom stereocenters. The number of aryl methyl sites for hydroxylation is 1. The summed E-state index contributed by atoms with van der Waals surface area (Å²) in [6.07, 6.45) is 0. The highest BCUT2D eigenvalue weighted by Crippen LogP contribution is 2.30. The summed E-state index contributed by atoms with van der Waals surface area (Å²) < 4.78 is 1.03. The molecule has 0 saturated carbocycles. The lowest BCUT2D eigenvalue weighted by Crippen LogP contribution is -2.37. The number of benzene rings is 2. The van der Waals surface area contributed by atoms with Gasteiger partial charge in [-0.05, 0) is 43.7 Å². The molecule has 0 bridgehead atoms. The maximum absolute atomic E-state index is 12.9. The summed E-state index contributed by atoms with van der Waals surface area (Å²) in [5.74, 6) is 0.203. The number of likely N-dealkylation sites (N-methyl/N-ethyl adjacent to an activating group) is 1. The summed E-state index contributed by atoms with van der Waals surface area (Å²) in [5.41, 5.74) is 3.00. The Kier molecular flexibility index (Phi) is 8.37. The standard InChI is InChI=1S/C22H21Cl2N3O2S2/c1-3-27(11-19(28)26-20-17(23)5-4-6-18(20)24)21(29)16-9-7-15(8-10-16)13-31-22-25-14(2)12-30-22/h4-10,12H,3,11,13H2,1-2H3,(H,26,28). The minimum absolute atomic E-state index is 0.0993. The minimum Gasteiger partial charge on any atom is -0.330 e. The van der Waals surface area contributed by atoms with E-state index in [2.05, 4.69) is 10.3 Å². The second kappa shape index (κ2) is 11.0. The van der Waals surface area contributed by atoms with Gasteiger partial charge >= 0.3 is 0 Å². The number of carbonyl (C=O) groups excluding carboxylic acids is 2. The zero-order chi connectivity index (χ0) is 22.4. The highest BCUT2D eigenvalue weighted by molar-refractivity contribution is 8.00. The topological polar surface area (TPSA) is 62.3 Å². The zero-order valence-corrected chi connectivity index (χ0v) is 20.2. The van der Waals surface area contributed by atoms with Crippen molar-refractivity contribution in [1.82, 2.24) is 9.88 Å². The van der Waals surface area contributed by atoms with Crippen LogP contribution in [-0.2, 0) is 10.5 Å². The van der Waals surface area contributed by atoms with E-state index in [-0.39, 0.29) is 18.4 Å². The lowest BCUT2D eigenvalue weighted by molar-refractivity contribution is -0.116. The number of hydrogen-bond donors (Lipinski definition) is 1. The Balaban J connectivity index is 1.59. The van der Waals surface area contributed by atoms with Crippen molar-refractivity contribution in [2.75, 3.05) is 18.4 Å². The molecule has 0 aliphatic heterocycles. The van der Waals surface area contributed by atoms with Gasteiger partial charge in [0, 0.05) is 28.9 Å². The molecule has 31 heavy (non-hydrogen) atoms. The zero-order valence-electron chi connectivity index (χ0n) is 17.0. The molecule has 1 aromatic heterocycles. The van der Waals surface area contributed by atoms with E-state index in [0.717, 1.165) is 21.3 Å². The fraction of sp³-hybridized carbons (Fsp3) is 0.227. The second-order valence-corrected chi connectivity index (χ2v) is 9.60. The summed E-state index contributed by atoms with van der Waals surface area (Å²) in [6, 6.07) is 12.4. The SMILES string of the molecule is CCN(CC(=O)Nc1c(Cl)cccc1Cl)C(=O)c1ccc(CSc2nc(C)cs2)cc1. The lowest BCUT2D eigenvalue weighted by atomic mass is 10.1. The number of nitrogens with zero attached hydrogens (tertiary/aromatic N) is 2. The molecule has 5 nitrogen and oxygen atoms in total. The lowest BCUT2D eigenvalue weighted by Gasteiger charge is -2.21. The van der Waals surface area contributed by atoms with Gasteiger partial charge in [0.25, 0.3) is 5.91 Å². The number of halogens is 2. The van der Waals surface area contributed by atoms with Gasteiger partial charge in [0.2, 0.25) is 5.91 Å². The van der Waals surface area contributed by atoms with Gasteiger partial charge in [0.1, 0.15) is 10.9 Å². The summed E-state index contributed by atoms with van der Waals surface area (Å²) in [6.45, 7) is 4.10. The van der Waals surface area contributed by atoms with Crippen LogP contribution in [-0.4, -0.2) is 34.8 Å². The molecule has 0 aliphatic rings. The predicted molar refractivity (Wildman–Crippen MR) is 130 cm³/mol. The first kappa shape index (κ1) is 23.6. The maximum atomic E-state index is 12.9. The van der Waals surface area contributed by atoms with Gasteiger partial charge in [0.05, 0.1) is 15.7 Å². The van der Waals surface area contributed by atoms with Crippen molar-refractivity contribution >= 4 is 63.8 Å². The van der Waals surface area contributed by atoms with Crippen LogP contribution in [0.25, 0.3) is 0 Å². The van der Waals surface area contributed by atoms with E-state index in [1.165, 1.54) is 4.90 Å². The quantitative estimate of drug-likeness (QED) is 0.382. The molecule has 1 heterocycles. The normalized spacial score (nSPS) is 10.7. The van der Waals surface area contributed by atoms with Crippen LogP contribution in [0.1, 0.15) is 28.5 Å². The van der Waals surface area contributed by atoms with Gasteiger partial charge in [-0.25, -0.2) is 4.98 Å². The Labute approximate surface area is 199 Å². The van der Waals surface area contributed by atoms with Gasteiger partial charge in [-0.1, -0.05) is 53.2 Å². The first-order chi connectivity index (χ1) is 14.9. The number of hydrogen-bond acceptors (Lipinski definition) is 5. The van der Waals surface area contributed by atoms with Gasteiger partial charge in [0.15, 0.2) is 0 Å². The van der Waals surface area contributed by atoms with E-state index < -0.39 is 0 Å². The Morgan fingerprint density at radius 2 is 1.81 bits per heavy atom. The fourth-order valence-electron chi connectivity index (χ4n) is 2.77. The third-order valence-corrected chi connectivity index (χ3v) is 7.23. The molecule has 0 spiro atoms. The smallest absolute Gasteiger partial charge is 0.254 e. The number of thioether (sulfide) groups is 1. The van der Waals surface area contributed by atoms with E-state index >= 15 is 0 Å². The number of para-hydroxylation sites is 1. The van der Waals surface area contributed by atoms with Crippen LogP contribution in [0.15, 0.2) is 52.2 Å². The summed E-state index contributed by atoms with van der Waals surface area (Å²) in [7, 11) is 0. The van der Waals surface area contributed by atoms with E-state index in [1.807, 2.05) is 31.4 Å². The number of carbonyl (C=O) groups is 2. The predicted octanol–water partition coefficient (Wildman–Crippen LogP) is 6.15. The fourth-order valence-corrected chi connectivity index (χ4v) is 5.06. The maximum Gasteiger partial charge on any atom is 0.254 e. The summed E-state index contributed by atoms with van der Waals surface area (Å²) in [5, 5.41) is 5.40. The monoisotopic (exact) mass is 493 g/mol. The molecule has 0 saturated heterocycles. The van der Waals surface area contributed by atoms with Crippen LogP contribution in [0.5, 0.6) is 0 Å². The Bertz CT molecular complexity index is 1050. The van der Waals surface area contributed by atoms with Gasteiger partial charge in [-0.15, -0.1) is 11.3 Å². The van der Waals surface area contributed by atoms with Crippen LogP contribution < -0.4 is 5.32 Å². The summed E-state index contributed by atoms with van der Waals surface area (Å²) >= 11 is 15.5. The molecule has 9 heteroatoms. The number of rotatable bonds is 8. The van der Waals surface area contributed by atoms with Crippen molar-refractivity contribution < 1.29 is 9.59 Å². The molecule has 0 aliphatic carbocycles. The molecule has 0 fully saturated rings. The molecule has 0 atom stereocenters. The van der Waals surface area contributed by atoms with E-state index in [0.29, 0.717) is 27.8 Å². The van der Waals surface area contributed by atoms with Crippen molar-refractivity contribution in [3.05, 3.63) is 74.7 Å². The average Bonchev–Trinajstić information content (AvgIpc) is 3.18. The Morgan fingerprint density at radius 3 is 2.39 bits per heavy atom. The van der Waals surface area contributed by atoms with E-state index in [4.69, 9.17) is 23.2 Å². The third-order valence-electron chi connectivity index (χ3n) is 4.39. The number of nitrogens with one attached hydrogen (secondary N) is 1. The van der Waals surface area contributed by atoms with Crippen LogP contribution in [0.2, 0.25) is 10.0 Å². The molecule has 2 aromatic carbocycles. The van der Waals surface area contributed by atoms with Crippen LogP contribution in [0.4, 0.5) is 5.69 Å². The van der Waals surface area contributed by atoms with Crippen molar-refractivity contribution in [2.24, 2.45) is 0 Å². The minimum atomic E-state index is -0.364. The van der Waals surface area contributed by atoms with E-state index in [9.17, 15) is 9.59 Å². The molecule has 1 N–H and O–H groups in total. The molecular weight excluding hydrogens is 473 g/mol. The second-order valence-electron chi connectivity index (χ2n) is 6.70. The average molecular weight is 494 g/mol. The highest BCUT2D eigenvalue weighted by atomic mass is 35.5. The third kappa shape index (κ3) is 6.46. The molecule has 3 rings (SSSR count). The highest BCUT2D eigenvalue weighted by Gasteiger charge is 2.19. The first-order valence-electron chi connectivity index (χ1n) is 9.54. The van der Waals surface area contributed by atoms with Crippen LogP contribution in [0, 0.1) is 6.92 Å². The van der Waals surface area contributed by atoms with E-state index in [1.54, 1.807) is 53.4 Å². The number of aromatic nitrogens is 1. The van der Waals surface area contributed by atoms with Crippen molar-refractivity contribution in [2.45, 2.75) is 23.9 Å². The Hall–Kier alpha value is -2.06. The first-order valence-corrected chi connectivity index (χ1v) is 12.2. The van der Waals surface area contributed by atoms with Gasteiger partial charge in [-0.3, -0.25) is 9.59 Å². The van der Waals surface area contributed by atoms with Crippen molar-refractivity contribution in [3.8, 4) is 0 Å². The van der Waals surface area contributed by atoms with Crippen LogP contribution >= 0.6 is 46.3 Å². The summed E-state index contributed by atoms with van der Waals surface area (Å²) in [4.78, 5) is 31.3. The number of amides is 2. The van der Waals surface area contributed by atoms with Crippen molar-refractivity contribution in [3.63, 3.8) is 0 Å². The van der Waals surface area contributed by atoms with Crippen molar-refractivity contribution in [1.29, 1.82) is 0 Å². The molecule has 3 aromatic rings. The van der Waals surface area contributed by atoms with Crippen LogP contribution in [0.3, 0.4) is 0 Å². The van der Waals surface area contributed by atoms with Gasteiger partial charge < -0.3 is 10.2 Å². The number of anilines is 1. The number of thiazole rings is 1. The largest absolute Gasteiger partial charge is 0.330 e. The molecule has 162 valence electrons. The molecular formula is C22H21Cl2N3O2S2. The van der Waals surface area contributed by atoms with Gasteiger partial charge in [-0.2, -0.15) is 0 Å². The Morgan fingerprint density at radius 1 is 1.13 bits per heavy atom.